The number of hydrogen-bond acceptors (Lipinski definition) is 3. The van der Waals surface area contributed by atoms with Gasteiger partial charge in [0.05, 0.1) is 11.3 Å². The van der Waals surface area contributed by atoms with E-state index in [4.69, 9.17) is 0 Å². The van der Waals surface area contributed by atoms with Crippen LogP contribution in [0.3, 0.4) is 0 Å². The normalized spacial score (nSPS) is 10.9. The van der Waals surface area contributed by atoms with Crippen LogP contribution in [0.2, 0.25) is 0 Å². The largest absolute Gasteiger partial charge is 0.237 e. The third-order valence-corrected chi connectivity index (χ3v) is 4.24. The first-order chi connectivity index (χ1) is 9.72. The van der Waals surface area contributed by atoms with Crippen LogP contribution in [0, 0.1) is 13.8 Å². The quantitative estimate of drug-likeness (QED) is 0.659. The molecule has 0 unspecified atom stereocenters. The Morgan fingerprint density at radius 3 is 2.45 bits per heavy atom. The highest BCUT2D eigenvalue weighted by Crippen LogP contribution is 2.23. The number of fused-ring (bicyclic) bond motifs is 1. The van der Waals surface area contributed by atoms with Crippen molar-refractivity contribution in [1.29, 1.82) is 0 Å². The summed E-state index contributed by atoms with van der Waals surface area (Å²) in [7, 11) is 0. The molecule has 2 aromatic carbocycles. The highest BCUT2D eigenvalue weighted by molar-refractivity contribution is 7.98. The topological polar surface area (TPSA) is 25.8 Å². The molecule has 0 saturated heterocycles. The lowest BCUT2D eigenvalue weighted by molar-refractivity contribution is 1.03. The molecule has 3 rings (SSSR count). The molecule has 0 aliphatic rings. The molecule has 0 spiro atoms. The molecule has 2 nitrogen and oxygen atoms in total. The summed E-state index contributed by atoms with van der Waals surface area (Å²) in [6.45, 7) is 4.15. The van der Waals surface area contributed by atoms with E-state index < -0.39 is 0 Å². The third-order valence-electron chi connectivity index (χ3n) is 3.23. The van der Waals surface area contributed by atoms with Crippen LogP contribution in [0.1, 0.15) is 17.1 Å². The van der Waals surface area contributed by atoms with E-state index in [-0.39, 0.29) is 0 Å². The fraction of sp³-hybridized carbons (Fsp3) is 0.176. The van der Waals surface area contributed by atoms with Gasteiger partial charge in [-0.2, -0.15) is 0 Å². The molecule has 0 saturated carbocycles. The first-order valence-electron chi connectivity index (χ1n) is 6.64. The van der Waals surface area contributed by atoms with Crippen molar-refractivity contribution < 1.29 is 0 Å². The van der Waals surface area contributed by atoms with E-state index in [0.717, 1.165) is 28.2 Å². The molecule has 0 radical (unpaired) electrons. The summed E-state index contributed by atoms with van der Waals surface area (Å²) in [6.07, 6.45) is 0. The Bertz CT molecular complexity index is 736. The molecule has 0 amide bonds. The fourth-order valence-corrected chi connectivity index (χ4v) is 2.90. The lowest BCUT2D eigenvalue weighted by atomic mass is 10.2. The van der Waals surface area contributed by atoms with E-state index in [9.17, 15) is 0 Å². The minimum atomic E-state index is 0.800. The number of benzene rings is 2. The zero-order chi connectivity index (χ0) is 13.9. The first-order valence-corrected chi connectivity index (χ1v) is 7.63. The average molecular weight is 280 g/mol. The van der Waals surface area contributed by atoms with Crippen LogP contribution >= 0.6 is 11.8 Å². The maximum absolute atomic E-state index is 4.64. The van der Waals surface area contributed by atoms with Crippen LogP contribution in [0.25, 0.3) is 10.9 Å². The molecule has 100 valence electrons. The van der Waals surface area contributed by atoms with Gasteiger partial charge in [0.25, 0.3) is 0 Å². The minimum absolute atomic E-state index is 0.800. The number of aryl methyl sites for hydroxylation is 2. The van der Waals surface area contributed by atoms with Crippen molar-refractivity contribution in [3.05, 3.63) is 65.6 Å². The maximum atomic E-state index is 4.64. The van der Waals surface area contributed by atoms with Crippen molar-refractivity contribution >= 4 is 22.7 Å². The zero-order valence-corrected chi connectivity index (χ0v) is 12.4. The van der Waals surface area contributed by atoms with E-state index in [1.807, 2.05) is 25.1 Å². The second-order valence-corrected chi connectivity index (χ2v) is 5.89. The van der Waals surface area contributed by atoms with Gasteiger partial charge in [0.1, 0.15) is 5.82 Å². The maximum Gasteiger partial charge on any atom is 0.139 e. The fourth-order valence-electron chi connectivity index (χ4n) is 2.14. The van der Waals surface area contributed by atoms with Crippen LogP contribution in [0.5, 0.6) is 0 Å². The molecule has 0 fully saturated rings. The first kappa shape index (κ1) is 13.1. The molecule has 3 heteroatoms. The van der Waals surface area contributed by atoms with Gasteiger partial charge in [-0.1, -0.05) is 35.9 Å². The number of rotatable bonds is 3. The number of para-hydroxylation sites is 1. The van der Waals surface area contributed by atoms with Gasteiger partial charge in [0, 0.05) is 16.0 Å². The van der Waals surface area contributed by atoms with Crippen LogP contribution < -0.4 is 0 Å². The lowest BCUT2D eigenvalue weighted by Crippen LogP contribution is -1.96. The van der Waals surface area contributed by atoms with Crippen molar-refractivity contribution in [3.8, 4) is 0 Å². The summed E-state index contributed by atoms with van der Waals surface area (Å²) < 4.78 is 0. The number of aromatic nitrogens is 2. The van der Waals surface area contributed by atoms with Crippen molar-refractivity contribution in [1.82, 2.24) is 9.97 Å². The van der Waals surface area contributed by atoms with Crippen LogP contribution in [-0.4, -0.2) is 9.97 Å². The van der Waals surface area contributed by atoms with Gasteiger partial charge in [-0.05, 0) is 32.0 Å². The van der Waals surface area contributed by atoms with Gasteiger partial charge in [-0.15, -0.1) is 11.8 Å². The van der Waals surface area contributed by atoms with Gasteiger partial charge >= 0.3 is 0 Å². The Morgan fingerprint density at radius 1 is 0.900 bits per heavy atom. The monoisotopic (exact) mass is 280 g/mol. The summed E-state index contributed by atoms with van der Waals surface area (Å²) >= 11 is 1.77. The van der Waals surface area contributed by atoms with Crippen molar-refractivity contribution in [2.45, 2.75) is 24.5 Å². The predicted molar refractivity (Wildman–Crippen MR) is 85.0 cm³/mol. The van der Waals surface area contributed by atoms with Crippen molar-refractivity contribution in [3.63, 3.8) is 0 Å². The lowest BCUT2D eigenvalue weighted by Gasteiger charge is -2.05. The molecule has 0 aliphatic heterocycles. The van der Waals surface area contributed by atoms with Gasteiger partial charge in [0.15, 0.2) is 0 Å². The second kappa shape index (κ2) is 5.63. The number of thioether (sulfide) groups is 1. The molecular formula is C17H16N2S. The van der Waals surface area contributed by atoms with E-state index in [1.165, 1.54) is 10.5 Å². The molecule has 0 bridgehead atoms. The summed E-state index contributed by atoms with van der Waals surface area (Å²) in [5.41, 5.74) is 3.36. The Labute approximate surface area is 123 Å². The van der Waals surface area contributed by atoms with Crippen molar-refractivity contribution in [2.75, 3.05) is 0 Å². The Balaban J connectivity index is 1.82. The molecule has 20 heavy (non-hydrogen) atoms. The summed E-state index contributed by atoms with van der Waals surface area (Å²) in [5.74, 6) is 1.70. The highest BCUT2D eigenvalue weighted by atomic mass is 32.2. The van der Waals surface area contributed by atoms with E-state index in [1.54, 1.807) is 11.8 Å². The molecule has 0 N–H and O–H groups in total. The summed E-state index contributed by atoms with van der Waals surface area (Å²) in [5, 5.41) is 1.14. The molecule has 3 aromatic rings. The standard InChI is InChI=1S/C17H16N2S/c1-12-7-9-14(10-8-12)20-11-17-18-13(2)15-5-3-4-6-16(15)19-17/h3-10H,11H2,1-2H3. The van der Waals surface area contributed by atoms with Crippen LogP contribution in [-0.2, 0) is 5.75 Å². The summed E-state index contributed by atoms with van der Waals surface area (Å²) in [6, 6.07) is 16.7. The molecule has 0 atom stereocenters. The summed E-state index contributed by atoms with van der Waals surface area (Å²) in [4.78, 5) is 10.5. The van der Waals surface area contributed by atoms with Crippen LogP contribution in [0.15, 0.2) is 53.4 Å². The highest BCUT2D eigenvalue weighted by Gasteiger charge is 2.04. The van der Waals surface area contributed by atoms with Crippen molar-refractivity contribution in [2.24, 2.45) is 0 Å². The Kier molecular flexibility index (Phi) is 3.70. The number of hydrogen-bond donors (Lipinski definition) is 0. The van der Waals surface area contributed by atoms with Crippen LogP contribution in [0.4, 0.5) is 0 Å². The van der Waals surface area contributed by atoms with Gasteiger partial charge in [-0.3, -0.25) is 0 Å². The molecular weight excluding hydrogens is 264 g/mol. The van der Waals surface area contributed by atoms with E-state index >= 15 is 0 Å². The molecule has 1 heterocycles. The third kappa shape index (κ3) is 2.83. The van der Waals surface area contributed by atoms with Gasteiger partial charge in [0.2, 0.25) is 0 Å². The molecule has 0 aliphatic carbocycles. The van der Waals surface area contributed by atoms with E-state index in [0.29, 0.717) is 0 Å². The molecule has 1 aromatic heterocycles. The Morgan fingerprint density at radius 2 is 1.65 bits per heavy atom. The second-order valence-electron chi connectivity index (χ2n) is 4.84. The zero-order valence-electron chi connectivity index (χ0n) is 11.6. The minimum Gasteiger partial charge on any atom is -0.237 e. The number of nitrogens with zero attached hydrogens (tertiary/aromatic N) is 2. The van der Waals surface area contributed by atoms with Gasteiger partial charge in [-0.25, -0.2) is 9.97 Å². The van der Waals surface area contributed by atoms with E-state index in [2.05, 4.69) is 47.2 Å². The smallest absolute Gasteiger partial charge is 0.139 e. The SMILES string of the molecule is Cc1ccc(SCc2nc(C)c3ccccc3n2)cc1. The average Bonchev–Trinajstić information content (AvgIpc) is 2.47. The van der Waals surface area contributed by atoms with Gasteiger partial charge < -0.3 is 0 Å². The Hall–Kier alpha value is -1.87. The predicted octanol–water partition coefficient (Wildman–Crippen LogP) is 4.54.